The number of aryl methyl sites for hydroxylation is 3. The molecule has 3 heteroatoms. The summed E-state index contributed by atoms with van der Waals surface area (Å²) in [5.41, 5.74) is 7.09. The van der Waals surface area contributed by atoms with Crippen LogP contribution in [0, 0.1) is 20.8 Å². The average Bonchev–Trinajstić information content (AvgIpc) is 2.79. The minimum absolute atomic E-state index is 0.823. The molecule has 20 heavy (non-hydrogen) atoms. The zero-order valence-corrected chi connectivity index (χ0v) is 12.1. The molecule has 0 aliphatic rings. The number of imidazole rings is 1. The van der Waals surface area contributed by atoms with Crippen LogP contribution in [-0.2, 0) is 6.54 Å². The van der Waals surface area contributed by atoms with Crippen molar-refractivity contribution in [3.8, 4) is 0 Å². The molecule has 1 N–H and O–H groups in total. The SMILES string of the molecule is Cc1cn2cccc(NCc3c(C)cccc3C)c2n1. The third-order valence-corrected chi connectivity index (χ3v) is 3.70. The Labute approximate surface area is 119 Å². The quantitative estimate of drug-likeness (QED) is 0.779. The van der Waals surface area contributed by atoms with Gasteiger partial charge in [-0.1, -0.05) is 18.2 Å². The minimum Gasteiger partial charge on any atom is -0.378 e. The van der Waals surface area contributed by atoms with E-state index in [1.807, 2.05) is 25.4 Å². The maximum atomic E-state index is 4.57. The van der Waals surface area contributed by atoms with Crippen LogP contribution in [0.3, 0.4) is 0 Å². The van der Waals surface area contributed by atoms with Crippen LogP contribution in [-0.4, -0.2) is 9.38 Å². The standard InChI is InChI=1S/C17H19N3/c1-12-6-4-7-13(2)15(12)10-18-16-8-5-9-20-11-14(3)19-17(16)20/h4-9,11,18H,10H2,1-3H3. The second kappa shape index (κ2) is 5.00. The van der Waals surface area contributed by atoms with E-state index in [0.29, 0.717) is 0 Å². The average molecular weight is 265 g/mol. The van der Waals surface area contributed by atoms with Crippen LogP contribution in [0.5, 0.6) is 0 Å². The molecule has 2 heterocycles. The first-order chi connectivity index (χ1) is 9.65. The molecular weight excluding hydrogens is 246 g/mol. The van der Waals surface area contributed by atoms with Gasteiger partial charge in [0.25, 0.3) is 0 Å². The second-order valence-corrected chi connectivity index (χ2v) is 5.26. The molecular formula is C17H19N3. The zero-order chi connectivity index (χ0) is 14.1. The highest BCUT2D eigenvalue weighted by Gasteiger charge is 2.06. The third-order valence-electron chi connectivity index (χ3n) is 3.70. The molecule has 0 atom stereocenters. The normalized spacial score (nSPS) is 10.9. The third kappa shape index (κ3) is 2.27. The molecule has 0 fully saturated rings. The molecule has 0 aliphatic carbocycles. The lowest BCUT2D eigenvalue weighted by Gasteiger charge is -2.12. The number of aromatic nitrogens is 2. The van der Waals surface area contributed by atoms with E-state index in [9.17, 15) is 0 Å². The van der Waals surface area contributed by atoms with Crippen LogP contribution in [0.2, 0.25) is 0 Å². The van der Waals surface area contributed by atoms with Crippen molar-refractivity contribution in [2.45, 2.75) is 27.3 Å². The van der Waals surface area contributed by atoms with Gasteiger partial charge in [-0.2, -0.15) is 0 Å². The summed E-state index contributed by atoms with van der Waals surface area (Å²) in [6.45, 7) is 7.15. The molecule has 3 rings (SSSR count). The Morgan fingerprint density at radius 2 is 1.80 bits per heavy atom. The lowest BCUT2D eigenvalue weighted by molar-refractivity contribution is 1.08. The largest absolute Gasteiger partial charge is 0.378 e. The number of anilines is 1. The maximum absolute atomic E-state index is 4.57. The maximum Gasteiger partial charge on any atom is 0.160 e. The fraction of sp³-hybridized carbons (Fsp3) is 0.235. The molecule has 0 unspecified atom stereocenters. The van der Waals surface area contributed by atoms with Crippen molar-refractivity contribution in [1.29, 1.82) is 0 Å². The van der Waals surface area contributed by atoms with Crippen LogP contribution in [0.25, 0.3) is 5.65 Å². The molecule has 3 nitrogen and oxygen atoms in total. The summed E-state index contributed by atoms with van der Waals surface area (Å²) in [5, 5.41) is 3.52. The van der Waals surface area contributed by atoms with Gasteiger partial charge >= 0.3 is 0 Å². The second-order valence-electron chi connectivity index (χ2n) is 5.26. The van der Waals surface area contributed by atoms with Crippen molar-refractivity contribution >= 4 is 11.3 Å². The summed E-state index contributed by atoms with van der Waals surface area (Å²) in [4.78, 5) is 4.57. The van der Waals surface area contributed by atoms with E-state index in [-0.39, 0.29) is 0 Å². The summed E-state index contributed by atoms with van der Waals surface area (Å²) in [6, 6.07) is 10.5. The fourth-order valence-electron chi connectivity index (χ4n) is 2.58. The molecule has 3 aromatic rings. The molecule has 0 saturated heterocycles. The fourth-order valence-corrected chi connectivity index (χ4v) is 2.58. The van der Waals surface area contributed by atoms with Gasteiger partial charge in [-0.15, -0.1) is 0 Å². The highest BCUT2D eigenvalue weighted by atomic mass is 15.0. The van der Waals surface area contributed by atoms with E-state index >= 15 is 0 Å². The summed E-state index contributed by atoms with van der Waals surface area (Å²) >= 11 is 0. The number of hydrogen-bond donors (Lipinski definition) is 1. The lowest BCUT2D eigenvalue weighted by Crippen LogP contribution is -2.04. The first-order valence-electron chi connectivity index (χ1n) is 6.88. The number of fused-ring (bicyclic) bond motifs is 1. The van der Waals surface area contributed by atoms with Crippen molar-refractivity contribution < 1.29 is 0 Å². The van der Waals surface area contributed by atoms with Crippen molar-refractivity contribution in [1.82, 2.24) is 9.38 Å². The highest BCUT2D eigenvalue weighted by molar-refractivity contribution is 5.68. The first-order valence-corrected chi connectivity index (χ1v) is 6.88. The van der Waals surface area contributed by atoms with Gasteiger partial charge in [-0.05, 0) is 49.6 Å². The topological polar surface area (TPSA) is 29.3 Å². The van der Waals surface area contributed by atoms with Crippen molar-refractivity contribution in [2.75, 3.05) is 5.32 Å². The summed E-state index contributed by atoms with van der Waals surface area (Å²) in [6.07, 6.45) is 4.07. The Bertz CT molecular complexity index is 736. The van der Waals surface area contributed by atoms with Crippen molar-refractivity contribution in [3.05, 3.63) is 65.1 Å². The van der Waals surface area contributed by atoms with Crippen molar-refractivity contribution in [3.63, 3.8) is 0 Å². The molecule has 102 valence electrons. The van der Waals surface area contributed by atoms with Gasteiger partial charge in [0.15, 0.2) is 5.65 Å². The van der Waals surface area contributed by atoms with Gasteiger partial charge in [0, 0.05) is 18.9 Å². The number of rotatable bonds is 3. The van der Waals surface area contributed by atoms with Gasteiger partial charge in [0.05, 0.1) is 11.4 Å². The monoisotopic (exact) mass is 265 g/mol. The number of benzene rings is 1. The van der Waals surface area contributed by atoms with Crippen LogP contribution in [0.15, 0.2) is 42.7 Å². The van der Waals surface area contributed by atoms with E-state index < -0.39 is 0 Å². The predicted molar refractivity (Wildman–Crippen MR) is 83.2 cm³/mol. The Kier molecular flexibility index (Phi) is 3.18. The van der Waals surface area contributed by atoms with Crippen LogP contribution in [0.1, 0.15) is 22.4 Å². The van der Waals surface area contributed by atoms with E-state index in [0.717, 1.165) is 23.6 Å². The smallest absolute Gasteiger partial charge is 0.160 e. The van der Waals surface area contributed by atoms with E-state index in [2.05, 4.69) is 52.8 Å². The number of hydrogen-bond acceptors (Lipinski definition) is 2. The molecule has 1 aromatic carbocycles. The van der Waals surface area contributed by atoms with Gasteiger partial charge < -0.3 is 9.72 Å². The molecule has 2 aromatic heterocycles. The molecule has 0 saturated carbocycles. The van der Waals surface area contributed by atoms with Crippen LogP contribution in [0.4, 0.5) is 5.69 Å². The number of pyridine rings is 1. The highest BCUT2D eigenvalue weighted by Crippen LogP contribution is 2.19. The first kappa shape index (κ1) is 12.7. The van der Waals surface area contributed by atoms with Gasteiger partial charge in [0.1, 0.15) is 0 Å². The Morgan fingerprint density at radius 1 is 1.05 bits per heavy atom. The predicted octanol–water partition coefficient (Wildman–Crippen LogP) is 3.87. The van der Waals surface area contributed by atoms with E-state index in [1.165, 1.54) is 16.7 Å². The molecule has 0 bridgehead atoms. The Balaban J connectivity index is 1.91. The summed E-state index contributed by atoms with van der Waals surface area (Å²) in [5.74, 6) is 0. The molecule has 0 aliphatic heterocycles. The molecule has 0 spiro atoms. The Hall–Kier alpha value is -2.29. The van der Waals surface area contributed by atoms with E-state index in [1.54, 1.807) is 0 Å². The van der Waals surface area contributed by atoms with Gasteiger partial charge in [-0.25, -0.2) is 4.98 Å². The van der Waals surface area contributed by atoms with Crippen molar-refractivity contribution in [2.24, 2.45) is 0 Å². The summed E-state index contributed by atoms with van der Waals surface area (Å²) < 4.78 is 2.06. The summed E-state index contributed by atoms with van der Waals surface area (Å²) in [7, 11) is 0. The zero-order valence-electron chi connectivity index (χ0n) is 12.1. The lowest BCUT2D eigenvalue weighted by atomic mass is 10.0. The van der Waals surface area contributed by atoms with Crippen LogP contribution < -0.4 is 5.32 Å². The number of nitrogens with one attached hydrogen (secondary N) is 1. The number of nitrogens with zero attached hydrogens (tertiary/aromatic N) is 2. The van der Waals surface area contributed by atoms with Crippen LogP contribution >= 0.6 is 0 Å². The Morgan fingerprint density at radius 3 is 2.55 bits per heavy atom. The minimum atomic E-state index is 0.823. The van der Waals surface area contributed by atoms with Gasteiger partial charge in [-0.3, -0.25) is 0 Å². The van der Waals surface area contributed by atoms with Gasteiger partial charge in [0.2, 0.25) is 0 Å². The van der Waals surface area contributed by atoms with E-state index in [4.69, 9.17) is 0 Å². The molecule has 0 amide bonds. The molecule has 0 radical (unpaired) electrons.